The zero-order valence-electron chi connectivity index (χ0n) is 7.94. The van der Waals surface area contributed by atoms with Crippen LogP contribution in [0.3, 0.4) is 0 Å². The highest BCUT2D eigenvalue weighted by Crippen LogP contribution is 2.17. The van der Waals surface area contributed by atoms with E-state index in [9.17, 15) is 0 Å². The monoisotopic (exact) mass is 189 g/mol. The molecular formula is C10H20ClN. The van der Waals surface area contributed by atoms with Gasteiger partial charge in [-0.15, -0.1) is 12.4 Å². The van der Waals surface area contributed by atoms with E-state index in [-0.39, 0.29) is 12.4 Å². The van der Waals surface area contributed by atoms with Crippen molar-refractivity contribution in [1.29, 1.82) is 0 Å². The van der Waals surface area contributed by atoms with Gasteiger partial charge in [-0.1, -0.05) is 31.4 Å². The van der Waals surface area contributed by atoms with Gasteiger partial charge in [-0.05, 0) is 19.8 Å². The van der Waals surface area contributed by atoms with Crippen LogP contribution in [-0.2, 0) is 0 Å². The number of hydrogen-bond acceptors (Lipinski definition) is 1. The van der Waals surface area contributed by atoms with Crippen molar-refractivity contribution in [2.24, 2.45) is 0 Å². The largest absolute Gasteiger partial charge is 0.310 e. The Morgan fingerprint density at radius 2 is 1.92 bits per heavy atom. The number of hydrogen-bond donors (Lipinski definition) is 1. The minimum Gasteiger partial charge on any atom is -0.310 e. The van der Waals surface area contributed by atoms with Gasteiger partial charge in [-0.3, -0.25) is 0 Å². The first-order valence-corrected chi connectivity index (χ1v) is 4.67. The Morgan fingerprint density at radius 3 is 2.42 bits per heavy atom. The predicted octanol–water partition coefficient (Wildman–Crippen LogP) is 2.91. The zero-order chi connectivity index (χ0) is 8.10. The Kier molecular flexibility index (Phi) is 6.49. The van der Waals surface area contributed by atoms with Gasteiger partial charge in [0.05, 0.1) is 0 Å². The second kappa shape index (κ2) is 6.50. The molecule has 0 aromatic heterocycles. The molecule has 1 N–H and O–H groups in total. The molecule has 1 aliphatic carbocycles. The lowest BCUT2D eigenvalue weighted by molar-refractivity contribution is 0.383. The van der Waals surface area contributed by atoms with E-state index in [0.717, 1.165) is 12.6 Å². The standard InChI is InChI=1S/C10H19N.ClH/c1-9(2)8-11-10-6-4-3-5-7-10;/h10-11H,1,3-8H2,2H3;1H. The topological polar surface area (TPSA) is 12.0 Å². The molecule has 0 atom stereocenters. The summed E-state index contributed by atoms with van der Waals surface area (Å²) in [7, 11) is 0. The molecule has 0 saturated heterocycles. The Hall–Kier alpha value is -0.0100. The molecule has 12 heavy (non-hydrogen) atoms. The Bertz CT molecular complexity index is 128. The third kappa shape index (κ3) is 4.78. The van der Waals surface area contributed by atoms with Crippen LogP contribution in [0.2, 0.25) is 0 Å². The van der Waals surface area contributed by atoms with Crippen LogP contribution in [0.15, 0.2) is 12.2 Å². The van der Waals surface area contributed by atoms with Gasteiger partial charge >= 0.3 is 0 Å². The van der Waals surface area contributed by atoms with E-state index in [2.05, 4.69) is 18.8 Å². The third-order valence-corrected chi connectivity index (χ3v) is 2.30. The lowest BCUT2D eigenvalue weighted by Gasteiger charge is -2.22. The quantitative estimate of drug-likeness (QED) is 0.674. The van der Waals surface area contributed by atoms with Crippen LogP contribution in [0.4, 0.5) is 0 Å². The van der Waals surface area contributed by atoms with Crippen molar-refractivity contribution in [2.45, 2.75) is 45.1 Å². The fourth-order valence-electron chi connectivity index (χ4n) is 1.63. The molecule has 0 aromatic rings. The molecule has 1 aliphatic rings. The Balaban J connectivity index is 0.00000121. The van der Waals surface area contributed by atoms with Crippen LogP contribution in [0.1, 0.15) is 39.0 Å². The normalized spacial score (nSPS) is 18.4. The predicted molar refractivity (Wildman–Crippen MR) is 56.9 cm³/mol. The van der Waals surface area contributed by atoms with Gasteiger partial charge in [-0.2, -0.15) is 0 Å². The van der Waals surface area contributed by atoms with Crippen molar-refractivity contribution in [3.63, 3.8) is 0 Å². The van der Waals surface area contributed by atoms with Crippen LogP contribution in [0, 0.1) is 0 Å². The molecule has 1 rings (SSSR count). The fourth-order valence-corrected chi connectivity index (χ4v) is 1.63. The van der Waals surface area contributed by atoms with Crippen LogP contribution >= 0.6 is 12.4 Å². The molecule has 0 spiro atoms. The molecule has 0 aliphatic heterocycles. The maximum absolute atomic E-state index is 3.88. The summed E-state index contributed by atoms with van der Waals surface area (Å²) in [4.78, 5) is 0. The van der Waals surface area contributed by atoms with Crippen molar-refractivity contribution in [2.75, 3.05) is 6.54 Å². The summed E-state index contributed by atoms with van der Waals surface area (Å²) in [5.41, 5.74) is 1.25. The van der Waals surface area contributed by atoms with E-state index in [1.807, 2.05) is 0 Å². The highest BCUT2D eigenvalue weighted by Gasteiger charge is 2.11. The maximum Gasteiger partial charge on any atom is 0.0161 e. The van der Waals surface area contributed by atoms with E-state index < -0.39 is 0 Å². The minimum absolute atomic E-state index is 0. The van der Waals surface area contributed by atoms with Gasteiger partial charge < -0.3 is 5.32 Å². The molecule has 2 heteroatoms. The molecule has 0 radical (unpaired) electrons. The summed E-state index contributed by atoms with van der Waals surface area (Å²) in [6.07, 6.45) is 6.99. The maximum atomic E-state index is 3.88. The van der Waals surface area contributed by atoms with Gasteiger partial charge in [0.2, 0.25) is 0 Å². The first-order valence-electron chi connectivity index (χ1n) is 4.67. The second-order valence-electron chi connectivity index (χ2n) is 3.67. The highest BCUT2D eigenvalue weighted by molar-refractivity contribution is 5.85. The first kappa shape index (κ1) is 12.0. The number of nitrogens with one attached hydrogen (secondary N) is 1. The first-order chi connectivity index (χ1) is 5.29. The van der Waals surface area contributed by atoms with E-state index in [1.165, 1.54) is 37.7 Å². The summed E-state index contributed by atoms with van der Waals surface area (Å²) >= 11 is 0. The van der Waals surface area contributed by atoms with Gasteiger partial charge in [0.15, 0.2) is 0 Å². The van der Waals surface area contributed by atoms with Crippen LogP contribution in [0.5, 0.6) is 0 Å². The molecule has 0 amide bonds. The molecule has 0 bridgehead atoms. The summed E-state index contributed by atoms with van der Waals surface area (Å²) in [6, 6.07) is 0.778. The van der Waals surface area contributed by atoms with Crippen LogP contribution in [0.25, 0.3) is 0 Å². The van der Waals surface area contributed by atoms with E-state index in [0.29, 0.717) is 0 Å². The summed E-state index contributed by atoms with van der Waals surface area (Å²) in [5.74, 6) is 0. The van der Waals surface area contributed by atoms with Gasteiger partial charge in [0.25, 0.3) is 0 Å². The van der Waals surface area contributed by atoms with Crippen LogP contribution in [-0.4, -0.2) is 12.6 Å². The molecule has 1 nitrogen and oxygen atoms in total. The molecule has 0 heterocycles. The molecule has 1 fully saturated rings. The lowest BCUT2D eigenvalue weighted by atomic mass is 9.95. The third-order valence-electron chi connectivity index (χ3n) is 2.30. The van der Waals surface area contributed by atoms with Gasteiger partial charge in [0, 0.05) is 12.6 Å². The molecule has 72 valence electrons. The Morgan fingerprint density at radius 1 is 1.33 bits per heavy atom. The van der Waals surface area contributed by atoms with Gasteiger partial charge in [-0.25, -0.2) is 0 Å². The van der Waals surface area contributed by atoms with E-state index in [1.54, 1.807) is 0 Å². The van der Waals surface area contributed by atoms with E-state index in [4.69, 9.17) is 0 Å². The van der Waals surface area contributed by atoms with E-state index >= 15 is 0 Å². The van der Waals surface area contributed by atoms with Crippen molar-refractivity contribution in [3.05, 3.63) is 12.2 Å². The minimum atomic E-state index is 0. The van der Waals surface area contributed by atoms with Crippen molar-refractivity contribution >= 4 is 12.4 Å². The van der Waals surface area contributed by atoms with Crippen LogP contribution < -0.4 is 5.32 Å². The highest BCUT2D eigenvalue weighted by atomic mass is 35.5. The van der Waals surface area contributed by atoms with Gasteiger partial charge in [0.1, 0.15) is 0 Å². The Labute approximate surface area is 82.0 Å². The average molecular weight is 190 g/mol. The average Bonchev–Trinajstić information content (AvgIpc) is 2.03. The molecule has 1 saturated carbocycles. The second-order valence-corrected chi connectivity index (χ2v) is 3.67. The molecule has 0 unspecified atom stereocenters. The SMILES string of the molecule is C=C(C)CNC1CCCCC1.Cl. The molecular weight excluding hydrogens is 170 g/mol. The lowest BCUT2D eigenvalue weighted by Crippen LogP contribution is -2.31. The molecule has 0 aromatic carbocycles. The summed E-state index contributed by atoms with van der Waals surface area (Å²) in [6.45, 7) is 6.96. The van der Waals surface area contributed by atoms with Crippen molar-refractivity contribution in [3.8, 4) is 0 Å². The fraction of sp³-hybridized carbons (Fsp3) is 0.800. The smallest absolute Gasteiger partial charge is 0.0161 e. The number of halogens is 1. The van der Waals surface area contributed by atoms with Crippen molar-refractivity contribution < 1.29 is 0 Å². The summed E-state index contributed by atoms with van der Waals surface area (Å²) in [5, 5.41) is 3.52. The van der Waals surface area contributed by atoms with Crippen molar-refractivity contribution in [1.82, 2.24) is 5.32 Å². The summed E-state index contributed by atoms with van der Waals surface area (Å²) < 4.78 is 0. The number of rotatable bonds is 3. The zero-order valence-corrected chi connectivity index (χ0v) is 8.75.